The molecule has 0 amide bonds. The topological polar surface area (TPSA) is 61.0 Å². The molecule has 0 saturated heterocycles. The molecule has 0 atom stereocenters. The number of hydrogen-bond acceptors (Lipinski definition) is 4. The summed E-state index contributed by atoms with van der Waals surface area (Å²) in [4.78, 5) is 7.66. The minimum Gasteiger partial charge on any atom is -0.472 e. The van der Waals surface area contributed by atoms with E-state index in [1.165, 1.54) is 6.33 Å². The Hall–Kier alpha value is -1.81. The van der Waals surface area contributed by atoms with E-state index in [1.54, 1.807) is 0 Å². The molecule has 0 aliphatic heterocycles. The van der Waals surface area contributed by atoms with Crippen LogP contribution in [0.15, 0.2) is 36.7 Å². The molecule has 0 unspecified atom stereocenters. The van der Waals surface area contributed by atoms with E-state index in [0.29, 0.717) is 12.5 Å². The lowest BCUT2D eigenvalue weighted by atomic mass is 10.2. The first-order valence-corrected chi connectivity index (χ1v) is 5.08. The Kier molecular flexibility index (Phi) is 3.22. The van der Waals surface area contributed by atoms with Gasteiger partial charge in [0, 0.05) is 0 Å². The van der Waals surface area contributed by atoms with Crippen molar-refractivity contribution in [3.8, 4) is 5.88 Å². The van der Waals surface area contributed by atoms with Gasteiger partial charge in [0.2, 0.25) is 5.88 Å². The predicted octanol–water partition coefficient (Wildman–Crippen LogP) is 2.29. The lowest BCUT2D eigenvalue weighted by Crippen LogP contribution is -2.00. The van der Waals surface area contributed by atoms with Crippen LogP contribution in [0.25, 0.3) is 0 Å². The van der Waals surface area contributed by atoms with E-state index >= 15 is 0 Å². The van der Waals surface area contributed by atoms with E-state index in [4.69, 9.17) is 22.1 Å². The summed E-state index contributed by atoms with van der Waals surface area (Å²) in [5.41, 5.74) is 6.56. The highest BCUT2D eigenvalue weighted by Crippen LogP contribution is 2.25. The van der Waals surface area contributed by atoms with Crippen molar-refractivity contribution in [3.63, 3.8) is 0 Å². The van der Waals surface area contributed by atoms with Crippen molar-refractivity contribution in [3.05, 3.63) is 47.2 Å². The molecule has 2 N–H and O–H groups in total. The van der Waals surface area contributed by atoms with Gasteiger partial charge < -0.3 is 10.5 Å². The highest BCUT2D eigenvalue weighted by molar-refractivity contribution is 6.33. The van der Waals surface area contributed by atoms with Crippen LogP contribution in [0, 0.1) is 0 Å². The van der Waals surface area contributed by atoms with Gasteiger partial charge in [-0.05, 0) is 5.56 Å². The molecule has 1 heterocycles. The molecule has 16 heavy (non-hydrogen) atoms. The molecule has 0 aliphatic carbocycles. The van der Waals surface area contributed by atoms with Gasteiger partial charge in [-0.25, -0.2) is 9.97 Å². The quantitative estimate of drug-likeness (QED) is 0.887. The first-order valence-electron chi connectivity index (χ1n) is 4.70. The Morgan fingerprint density at radius 3 is 2.69 bits per heavy atom. The number of nitrogens with two attached hydrogens (primary N) is 1. The van der Waals surface area contributed by atoms with Gasteiger partial charge in [-0.1, -0.05) is 41.9 Å². The largest absolute Gasteiger partial charge is 0.472 e. The molecule has 0 saturated carbocycles. The fourth-order valence-electron chi connectivity index (χ4n) is 1.19. The summed E-state index contributed by atoms with van der Waals surface area (Å²) in [5, 5.41) is 0.249. The van der Waals surface area contributed by atoms with Crippen molar-refractivity contribution < 1.29 is 4.74 Å². The normalized spacial score (nSPS) is 10.1. The number of anilines is 1. The van der Waals surface area contributed by atoms with Gasteiger partial charge in [-0.3, -0.25) is 0 Å². The zero-order chi connectivity index (χ0) is 11.4. The number of benzene rings is 1. The zero-order valence-corrected chi connectivity index (χ0v) is 9.19. The molecular weight excluding hydrogens is 226 g/mol. The van der Waals surface area contributed by atoms with Crippen molar-refractivity contribution in [2.75, 3.05) is 5.73 Å². The fourth-order valence-corrected chi connectivity index (χ4v) is 1.35. The lowest BCUT2D eigenvalue weighted by Gasteiger charge is -2.07. The maximum Gasteiger partial charge on any atom is 0.238 e. The number of aromatic nitrogens is 2. The predicted molar refractivity (Wildman–Crippen MR) is 62.2 cm³/mol. The fraction of sp³-hybridized carbons (Fsp3) is 0.0909. The Balaban J connectivity index is 2.08. The van der Waals surface area contributed by atoms with Crippen LogP contribution in [0.2, 0.25) is 5.02 Å². The molecular formula is C11H10ClN3O. The smallest absolute Gasteiger partial charge is 0.238 e. The van der Waals surface area contributed by atoms with Crippen molar-refractivity contribution in [2.24, 2.45) is 0 Å². The van der Waals surface area contributed by atoms with E-state index < -0.39 is 0 Å². The van der Waals surface area contributed by atoms with Crippen LogP contribution in [0.3, 0.4) is 0 Å². The summed E-state index contributed by atoms with van der Waals surface area (Å²) in [5.74, 6) is 0.526. The molecule has 2 rings (SSSR count). The Bertz CT molecular complexity index is 476. The molecule has 1 aromatic heterocycles. The third-order valence-electron chi connectivity index (χ3n) is 2.00. The first kappa shape index (κ1) is 10.7. The van der Waals surface area contributed by atoms with E-state index in [-0.39, 0.29) is 10.8 Å². The summed E-state index contributed by atoms with van der Waals surface area (Å²) in [7, 11) is 0. The van der Waals surface area contributed by atoms with Gasteiger partial charge in [-0.2, -0.15) is 0 Å². The average Bonchev–Trinajstić information content (AvgIpc) is 2.32. The van der Waals surface area contributed by atoms with Gasteiger partial charge >= 0.3 is 0 Å². The Morgan fingerprint density at radius 1 is 1.19 bits per heavy atom. The maximum atomic E-state index is 5.88. The van der Waals surface area contributed by atoms with Crippen molar-refractivity contribution in [2.45, 2.75) is 6.61 Å². The molecule has 2 aromatic rings. The van der Waals surface area contributed by atoms with Crippen molar-refractivity contribution >= 4 is 17.4 Å². The lowest BCUT2D eigenvalue weighted by molar-refractivity contribution is 0.294. The standard InChI is InChI=1S/C11H10ClN3O/c12-9-10(13)14-7-15-11(9)16-6-8-4-2-1-3-5-8/h1-5,7H,6H2,(H2,13,14,15). The van der Waals surface area contributed by atoms with Crippen LogP contribution in [-0.4, -0.2) is 9.97 Å². The molecule has 0 fully saturated rings. The highest BCUT2D eigenvalue weighted by atomic mass is 35.5. The maximum absolute atomic E-state index is 5.88. The van der Waals surface area contributed by atoms with E-state index in [1.807, 2.05) is 30.3 Å². The van der Waals surface area contributed by atoms with Crippen LogP contribution in [-0.2, 0) is 6.61 Å². The van der Waals surface area contributed by atoms with Crippen molar-refractivity contribution in [1.82, 2.24) is 9.97 Å². The Morgan fingerprint density at radius 2 is 1.94 bits per heavy atom. The SMILES string of the molecule is Nc1ncnc(OCc2ccccc2)c1Cl. The molecule has 82 valence electrons. The van der Waals surface area contributed by atoms with Gasteiger partial charge in [0.05, 0.1) is 0 Å². The summed E-state index contributed by atoms with van der Waals surface area (Å²) >= 11 is 5.88. The third kappa shape index (κ3) is 2.41. The van der Waals surface area contributed by atoms with E-state index in [9.17, 15) is 0 Å². The van der Waals surface area contributed by atoms with Gasteiger partial charge in [0.1, 0.15) is 23.8 Å². The monoisotopic (exact) mass is 235 g/mol. The average molecular weight is 236 g/mol. The van der Waals surface area contributed by atoms with Gasteiger partial charge in [-0.15, -0.1) is 0 Å². The third-order valence-corrected chi connectivity index (χ3v) is 2.36. The molecule has 0 bridgehead atoms. The summed E-state index contributed by atoms with van der Waals surface area (Å²) in [6, 6.07) is 9.74. The van der Waals surface area contributed by atoms with Gasteiger partial charge in [0.15, 0.2) is 0 Å². The molecule has 0 spiro atoms. The Labute approximate surface area is 98.0 Å². The van der Waals surface area contributed by atoms with Crippen LogP contribution in [0.4, 0.5) is 5.82 Å². The summed E-state index contributed by atoms with van der Waals surface area (Å²) < 4.78 is 5.44. The zero-order valence-electron chi connectivity index (χ0n) is 8.43. The molecule has 0 radical (unpaired) electrons. The number of hydrogen-bond donors (Lipinski definition) is 1. The van der Waals surface area contributed by atoms with E-state index in [0.717, 1.165) is 5.56 Å². The first-order chi connectivity index (χ1) is 7.77. The van der Waals surface area contributed by atoms with Crippen LogP contribution in [0.1, 0.15) is 5.56 Å². The number of rotatable bonds is 3. The highest BCUT2D eigenvalue weighted by Gasteiger charge is 2.07. The summed E-state index contributed by atoms with van der Waals surface area (Å²) in [6.45, 7) is 0.400. The molecule has 0 aliphatic rings. The van der Waals surface area contributed by atoms with Crippen molar-refractivity contribution in [1.29, 1.82) is 0 Å². The van der Waals surface area contributed by atoms with Crippen LogP contribution < -0.4 is 10.5 Å². The molecule has 1 aromatic carbocycles. The second kappa shape index (κ2) is 4.81. The summed E-state index contributed by atoms with van der Waals surface area (Å²) in [6.07, 6.45) is 1.32. The molecule has 4 nitrogen and oxygen atoms in total. The number of ether oxygens (including phenoxy) is 1. The minimum atomic E-state index is 0.222. The second-order valence-corrected chi connectivity index (χ2v) is 3.53. The molecule has 5 heteroatoms. The second-order valence-electron chi connectivity index (χ2n) is 3.15. The van der Waals surface area contributed by atoms with Crippen LogP contribution in [0.5, 0.6) is 5.88 Å². The van der Waals surface area contributed by atoms with E-state index in [2.05, 4.69) is 9.97 Å². The van der Waals surface area contributed by atoms with Crippen LogP contribution >= 0.6 is 11.6 Å². The van der Waals surface area contributed by atoms with Gasteiger partial charge in [0.25, 0.3) is 0 Å². The number of nitrogens with zero attached hydrogens (tertiary/aromatic N) is 2. The number of halogens is 1. The minimum absolute atomic E-state index is 0.222. The number of nitrogen functional groups attached to an aromatic ring is 1.